The van der Waals surface area contributed by atoms with E-state index in [2.05, 4.69) is 28.2 Å². The van der Waals surface area contributed by atoms with Crippen LogP contribution in [0.25, 0.3) is 0 Å². The molecule has 4 heteroatoms. The number of hydrogen-bond acceptors (Lipinski definition) is 2. The Bertz CT molecular complexity index is 586. The summed E-state index contributed by atoms with van der Waals surface area (Å²) < 4.78 is 1.03. The van der Waals surface area contributed by atoms with Crippen molar-refractivity contribution in [2.24, 2.45) is 0 Å². The van der Waals surface area contributed by atoms with E-state index in [1.807, 2.05) is 48.5 Å². The number of aryl methyl sites for hydroxylation is 1. The fraction of sp³-hybridized carbons (Fsp3) is 0.188. The lowest BCUT2D eigenvalue weighted by atomic mass is 10.1. The van der Waals surface area contributed by atoms with Crippen LogP contribution in [0.5, 0.6) is 0 Å². The van der Waals surface area contributed by atoms with Crippen LogP contribution in [0.4, 0.5) is 5.69 Å². The lowest BCUT2D eigenvalue weighted by molar-refractivity contribution is -0.113. The summed E-state index contributed by atoms with van der Waals surface area (Å²) in [5.41, 5.74) is 2.03. The zero-order valence-corrected chi connectivity index (χ0v) is 13.6. The molecule has 20 heavy (non-hydrogen) atoms. The Morgan fingerprint density at radius 1 is 1.20 bits per heavy atom. The Morgan fingerprint density at radius 2 is 1.95 bits per heavy atom. The Balaban J connectivity index is 1.95. The zero-order chi connectivity index (χ0) is 14.4. The maximum absolute atomic E-state index is 12.0. The second-order valence-corrected chi connectivity index (χ2v) is 6.27. The molecule has 2 aromatic carbocycles. The maximum atomic E-state index is 12.0. The van der Waals surface area contributed by atoms with Crippen molar-refractivity contribution in [1.82, 2.24) is 0 Å². The van der Waals surface area contributed by atoms with Gasteiger partial charge in [0.05, 0.1) is 5.75 Å². The van der Waals surface area contributed by atoms with Gasteiger partial charge in [0.2, 0.25) is 5.91 Å². The zero-order valence-electron chi connectivity index (χ0n) is 11.2. The molecule has 104 valence electrons. The number of carbonyl (C=O) groups is 1. The molecule has 0 spiro atoms. The second-order valence-electron chi connectivity index (χ2n) is 4.30. The van der Waals surface area contributed by atoms with Crippen molar-refractivity contribution in [2.45, 2.75) is 18.2 Å². The third kappa shape index (κ3) is 4.39. The van der Waals surface area contributed by atoms with Crippen molar-refractivity contribution < 1.29 is 4.79 Å². The molecule has 0 atom stereocenters. The van der Waals surface area contributed by atoms with Crippen molar-refractivity contribution in [2.75, 3.05) is 11.1 Å². The quantitative estimate of drug-likeness (QED) is 0.789. The minimum atomic E-state index is 0.0240. The van der Waals surface area contributed by atoms with E-state index in [0.29, 0.717) is 5.75 Å². The molecule has 0 heterocycles. The fourth-order valence-corrected chi connectivity index (χ4v) is 2.96. The normalized spacial score (nSPS) is 10.3. The lowest BCUT2D eigenvalue weighted by Crippen LogP contribution is -2.15. The lowest BCUT2D eigenvalue weighted by Gasteiger charge is -2.10. The van der Waals surface area contributed by atoms with E-state index in [9.17, 15) is 4.79 Å². The third-order valence-corrected chi connectivity index (χ3v) is 4.34. The highest BCUT2D eigenvalue weighted by molar-refractivity contribution is 9.10. The first-order chi connectivity index (χ1) is 9.69. The van der Waals surface area contributed by atoms with Gasteiger partial charge in [-0.1, -0.05) is 41.1 Å². The van der Waals surface area contributed by atoms with Crippen LogP contribution in [-0.2, 0) is 11.2 Å². The number of amides is 1. The summed E-state index contributed by atoms with van der Waals surface area (Å²) >= 11 is 4.99. The highest BCUT2D eigenvalue weighted by Gasteiger charge is 2.07. The highest BCUT2D eigenvalue weighted by atomic mass is 79.9. The standard InChI is InChI=1S/C16H16BrNOS/c1-2-12-10-13(17)8-9-15(12)18-16(19)11-20-14-6-4-3-5-7-14/h3-10H,2,11H2,1H3,(H,18,19). The van der Waals surface area contributed by atoms with E-state index in [-0.39, 0.29) is 5.91 Å². The third-order valence-electron chi connectivity index (χ3n) is 2.84. The van der Waals surface area contributed by atoms with Crippen LogP contribution in [0.1, 0.15) is 12.5 Å². The summed E-state index contributed by atoms with van der Waals surface area (Å²) in [5.74, 6) is 0.444. The van der Waals surface area contributed by atoms with E-state index in [0.717, 1.165) is 27.0 Å². The number of rotatable bonds is 5. The molecule has 0 saturated carbocycles. The molecule has 2 nitrogen and oxygen atoms in total. The van der Waals surface area contributed by atoms with E-state index in [1.165, 1.54) is 0 Å². The minimum Gasteiger partial charge on any atom is -0.325 e. The summed E-state index contributed by atoms with van der Waals surface area (Å²) in [4.78, 5) is 13.1. The summed E-state index contributed by atoms with van der Waals surface area (Å²) in [7, 11) is 0. The fourth-order valence-electron chi connectivity index (χ4n) is 1.83. The topological polar surface area (TPSA) is 29.1 Å². The molecule has 0 radical (unpaired) electrons. The van der Waals surface area contributed by atoms with Crippen molar-refractivity contribution >= 4 is 39.3 Å². The number of carbonyl (C=O) groups excluding carboxylic acids is 1. The van der Waals surface area contributed by atoms with E-state index in [4.69, 9.17) is 0 Å². The number of thioether (sulfide) groups is 1. The minimum absolute atomic E-state index is 0.0240. The van der Waals surface area contributed by atoms with Crippen molar-refractivity contribution in [3.05, 3.63) is 58.6 Å². The molecular formula is C16H16BrNOS. The van der Waals surface area contributed by atoms with Crippen LogP contribution < -0.4 is 5.32 Å². The monoisotopic (exact) mass is 349 g/mol. The average Bonchev–Trinajstić information content (AvgIpc) is 2.48. The van der Waals surface area contributed by atoms with Crippen molar-refractivity contribution in [1.29, 1.82) is 0 Å². The Hall–Kier alpha value is -1.26. The molecule has 0 aliphatic carbocycles. The van der Waals surface area contributed by atoms with Crippen LogP contribution in [0, 0.1) is 0 Å². The molecule has 0 bridgehead atoms. The smallest absolute Gasteiger partial charge is 0.234 e. The van der Waals surface area contributed by atoms with Gasteiger partial charge in [-0.2, -0.15) is 0 Å². The number of anilines is 1. The molecule has 0 unspecified atom stereocenters. The summed E-state index contributed by atoms with van der Waals surface area (Å²) in [6, 6.07) is 15.9. The van der Waals surface area contributed by atoms with Crippen LogP contribution in [0.3, 0.4) is 0 Å². The predicted molar refractivity (Wildman–Crippen MR) is 89.3 cm³/mol. The van der Waals surface area contributed by atoms with Gasteiger partial charge in [-0.05, 0) is 42.3 Å². The first kappa shape index (κ1) is 15.1. The van der Waals surface area contributed by atoms with Crippen LogP contribution in [-0.4, -0.2) is 11.7 Å². The van der Waals surface area contributed by atoms with Crippen LogP contribution in [0.15, 0.2) is 57.9 Å². The summed E-state index contributed by atoms with van der Waals surface area (Å²) in [6.45, 7) is 2.08. The second kappa shape index (κ2) is 7.50. The Morgan fingerprint density at radius 3 is 2.65 bits per heavy atom. The summed E-state index contributed by atoms with van der Waals surface area (Å²) in [5, 5.41) is 2.98. The van der Waals surface area contributed by atoms with Crippen molar-refractivity contribution in [3.63, 3.8) is 0 Å². The molecular weight excluding hydrogens is 334 g/mol. The Kier molecular flexibility index (Phi) is 5.68. The van der Waals surface area contributed by atoms with Gasteiger partial charge in [0.25, 0.3) is 0 Å². The SMILES string of the molecule is CCc1cc(Br)ccc1NC(=O)CSc1ccccc1. The number of halogens is 1. The van der Waals surface area contributed by atoms with Gasteiger partial charge in [0.1, 0.15) is 0 Å². The maximum Gasteiger partial charge on any atom is 0.234 e. The van der Waals surface area contributed by atoms with Crippen LogP contribution >= 0.6 is 27.7 Å². The molecule has 1 N–H and O–H groups in total. The number of nitrogens with one attached hydrogen (secondary N) is 1. The van der Waals surface area contributed by atoms with Crippen LogP contribution in [0.2, 0.25) is 0 Å². The highest BCUT2D eigenvalue weighted by Crippen LogP contribution is 2.22. The van der Waals surface area contributed by atoms with Gasteiger partial charge < -0.3 is 5.32 Å². The number of benzene rings is 2. The predicted octanol–water partition coefficient (Wildman–Crippen LogP) is 4.74. The first-order valence-corrected chi connectivity index (χ1v) is 8.23. The van der Waals surface area contributed by atoms with Crippen molar-refractivity contribution in [3.8, 4) is 0 Å². The van der Waals surface area contributed by atoms with E-state index >= 15 is 0 Å². The van der Waals surface area contributed by atoms with E-state index < -0.39 is 0 Å². The molecule has 2 aromatic rings. The molecule has 2 rings (SSSR count). The van der Waals surface area contributed by atoms with Gasteiger partial charge in [-0.3, -0.25) is 4.79 Å². The average molecular weight is 350 g/mol. The van der Waals surface area contributed by atoms with Gasteiger partial charge in [-0.15, -0.1) is 11.8 Å². The molecule has 0 saturated heterocycles. The number of hydrogen-bond donors (Lipinski definition) is 1. The van der Waals surface area contributed by atoms with Gasteiger partial charge in [0, 0.05) is 15.1 Å². The summed E-state index contributed by atoms with van der Waals surface area (Å²) in [6.07, 6.45) is 0.890. The van der Waals surface area contributed by atoms with Gasteiger partial charge in [-0.25, -0.2) is 0 Å². The molecule has 0 fully saturated rings. The molecule has 0 aromatic heterocycles. The first-order valence-electron chi connectivity index (χ1n) is 6.45. The molecule has 0 aliphatic rings. The van der Waals surface area contributed by atoms with Gasteiger partial charge >= 0.3 is 0 Å². The largest absolute Gasteiger partial charge is 0.325 e. The molecule has 1 amide bonds. The Labute approximate surface area is 132 Å². The van der Waals surface area contributed by atoms with Gasteiger partial charge in [0.15, 0.2) is 0 Å². The van der Waals surface area contributed by atoms with E-state index in [1.54, 1.807) is 11.8 Å². The molecule has 0 aliphatic heterocycles.